The Labute approximate surface area is 191 Å². The third kappa shape index (κ3) is 6.32. The normalized spacial score (nSPS) is 16.5. The highest BCUT2D eigenvalue weighted by molar-refractivity contribution is 6.02. The van der Waals surface area contributed by atoms with Crippen molar-refractivity contribution in [3.05, 3.63) is 94.9 Å². The summed E-state index contributed by atoms with van der Waals surface area (Å²) in [6, 6.07) is 12.2. The van der Waals surface area contributed by atoms with Gasteiger partial charge < -0.3 is 15.2 Å². The highest BCUT2D eigenvalue weighted by Crippen LogP contribution is 2.36. The van der Waals surface area contributed by atoms with Gasteiger partial charge in [0.1, 0.15) is 17.2 Å². The number of alkyl halides is 3. The van der Waals surface area contributed by atoms with E-state index >= 15 is 0 Å². The van der Waals surface area contributed by atoms with Crippen LogP contribution >= 0.6 is 0 Å². The van der Waals surface area contributed by atoms with Crippen molar-refractivity contribution in [3.8, 4) is 5.75 Å². The van der Waals surface area contributed by atoms with Crippen LogP contribution in [0.25, 0.3) is 6.08 Å². The number of nitrogens with one attached hydrogen (secondary N) is 1. The summed E-state index contributed by atoms with van der Waals surface area (Å²) in [4.78, 5) is 23.8. The van der Waals surface area contributed by atoms with Crippen LogP contribution in [-0.4, -0.2) is 44.8 Å². The molecular weight excluding hydrogens is 457 g/mol. The molecule has 0 bridgehead atoms. The van der Waals surface area contributed by atoms with E-state index in [-0.39, 0.29) is 16.5 Å². The number of benzene rings is 2. The first-order valence-corrected chi connectivity index (χ1v) is 9.79. The molecule has 1 atom stereocenters. The van der Waals surface area contributed by atoms with Crippen molar-refractivity contribution in [2.75, 3.05) is 0 Å². The van der Waals surface area contributed by atoms with Crippen LogP contribution < -0.4 is 10.1 Å². The minimum absolute atomic E-state index is 0.0343. The van der Waals surface area contributed by atoms with Crippen LogP contribution in [0.15, 0.2) is 83.8 Å². The van der Waals surface area contributed by atoms with E-state index in [1.54, 1.807) is 18.2 Å². The molecule has 1 unspecified atom stereocenters. The quantitative estimate of drug-likeness (QED) is 0.350. The van der Waals surface area contributed by atoms with Crippen LogP contribution in [0.4, 0.5) is 13.2 Å². The second kappa shape index (κ2) is 10.3. The summed E-state index contributed by atoms with van der Waals surface area (Å²) >= 11 is 0. The molecule has 0 saturated carbocycles. The molecule has 11 heteroatoms. The molecule has 3 rings (SSSR count). The lowest BCUT2D eigenvalue weighted by atomic mass is 9.99. The van der Waals surface area contributed by atoms with Gasteiger partial charge in [0.15, 0.2) is 0 Å². The van der Waals surface area contributed by atoms with Gasteiger partial charge in [-0.25, -0.2) is 4.79 Å². The number of carbonyl (C=O) groups excluding carboxylic acids is 1. The molecule has 1 aliphatic rings. The van der Waals surface area contributed by atoms with E-state index in [4.69, 9.17) is 15.2 Å². The Kier molecular flexibility index (Phi) is 7.51. The van der Waals surface area contributed by atoms with Gasteiger partial charge in [-0.3, -0.25) is 15.2 Å². The van der Waals surface area contributed by atoms with Gasteiger partial charge >= 0.3 is 12.1 Å². The lowest BCUT2D eigenvalue weighted by Gasteiger charge is -2.25. The van der Waals surface area contributed by atoms with Gasteiger partial charge in [-0.15, -0.1) is 0 Å². The zero-order valence-corrected chi connectivity index (χ0v) is 17.4. The number of ether oxygens (including phenoxy) is 1. The minimum Gasteiger partial charge on any atom is -0.477 e. The van der Waals surface area contributed by atoms with Crippen molar-refractivity contribution in [1.29, 1.82) is 0 Å². The average molecular weight is 476 g/mol. The third-order valence-corrected chi connectivity index (χ3v) is 4.75. The molecule has 0 aromatic heterocycles. The second-order valence-corrected chi connectivity index (χ2v) is 7.15. The maximum absolute atomic E-state index is 13.4. The number of hydroxylamine groups is 2. The van der Waals surface area contributed by atoms with Crippen LogP contribution in [0.3, 0.4) is 0 Å². The molecule has 2 aromatic carbocycles. The summed E-state index contributed by atoms with van der Waals surface area (Å²) in [5.74, 6) is -2.47. The molecule has 1 aliphatic carbocycles. The largest absolute Gasteiger partial charge is 0.477 e. The Hall–Kier alpha value is -3.93. The fraction of sp³-hybridized carbons (Fsp3) is 0.130. The molecule has 4 N–H and O–H groups in total. The number of hydrogen-bond donors (Lipinski definition) is 4. The Morgan fingerprint density at radius 3 is 2.26 bits per heavy atom. The summed E-state index contributed by atoms with van der Waals surface area (Å²) < 4.78 is 45.5. The third-order valence-electron chi connectivity index (χ3n) is 4.75. The lowest BCUT2D eigenvalue weighted by molar-refractivity contribution is -0.323. The lowest BCUT2D eigenvalue weighted by Crippen LogP contribution is -2.33. The van der Waals surface area contributed by atoms with Gasteiger partial charge in [0, 0.05) is 12.0 Å². The van der Waals surface area contributed by atoms with Gasteiger partial charge in [0.25, 0.3) is 5.91 Å². The molecule has 0 aliphatic heterocycles. The molecular formula is C23H19F3N2O6. The number of nitrogens with zero attached hydrogens (tertiary/aromatic N) is 1. The average Bonchev–Trinajstić information content (AvgIpc) is 2.79. The zero-order chi connectivity index (χ0) is 24.9. The topological polar surface area (TPSA) is 119 Å². The van der Waals surface area contributed by atoms with Crippen molar-refractivity contribution < 1.29 is 43.0 Å². The van der Waals surface area contributed by atoms with Crippen molar-refractivity contribution in [2.24, 2.45) is 0 Å². The number of hydrogen-bond acceptors (Lipinski definition) is 6. The van der Waals surface area contributed by atoms with Gasteiger partial charge in [-0.1, -0.05) is 41.6 Å². The number of amides is 1. The Morgan fingerprint density at radius 1 is 1.06 bits per heavy atom. The number of rotatable bonds is 7. The molecule has 178 valence electrons. The van der Waals surface area contributed by atoms with Crippen molar-refractivity contribution in [1.82, 2.24) is 10.5 Å². The standard InChI is InChI=1S/C23H19F3N2O6/c24-23(25,26)18-13-16(28(32)33)8-11-20(18)34-17-9-6-14(7-10-17)12-19(22(30)31)27-21(29)15-4-2-1-3-5-15/h1-12,16,32-33H,13H2,(H,27,29)(H,30,31)/b19-12-. The summed E-state index contributed by atoms with van der Waals surface area (Å²) in [6.45, 7) is 0. The van der Waals surface area contributed by atoms with E-state index in [0.717, 1.165) is 12.2 Å². The van der Waals surface area contributed by atoms with Crippen LogP contribution in [0.1, 0.15) is 22.3 Å². The molecule has 0 saturated heterocycles. The molecule has 1 amide bonds. The fourth-order valence-electron chi connectivity index (χ4n) is 3.05. The van der Waals surface area contributed by atoms with Gasteiger partial charge in [-0.05, 0) is 42.0 Å². The van der Waals surface area contributed by atoms with Gasteiger partial charge in [-0.2, -0.15) is 13.2 Å². The van der Waals surface area contributed by atoms with Crippen LogP contribution in [0.5, 0.6) is 5.75 Å². The fourth-order valence-corrected chi connectivity index (χ4v) is 3.05. The number of carboxylic acid groups (broad SMARTS) is 1. The number of allylic oxidation sites excluding steroid dienone is 1. The summed E-state index contributed by atoms with van der Waals surface area (Å²) in [5, 5.41) is 29.5. The van der Waals surface area contributed by atoms with E-state index in [2.05, 4.69) is 5.32 Å². The Morgan fingerprint density at radius 2 is 1.71 bits per heavy atom. The highest BCUT2D eigenvalue weighted by atomic mass is 19.4. The van der Waals surface area contributed by atoms with Crippen molar-refractivity contribution in [3.63, 3.8) is 0 Å². The molecule has 34 heavy (non-hydrogen) atoms. The summed E-state index contributed by atoms with van der Waals surface area (Å²) in [6.07, 6.45) is -2.16. The second-order valence-electron chi connectivity index (χ2n) is 7.15. The Bertz CT molecular complexity index is 1140. The number of halogens is 3. The first kappa shape index (κ1) is 24.7. The maximum atomic E-state index is 13.4. The zero-order valence-electron chi connectivity index (χ0n) is 17.4. The van der Waals surface area contributed by atoms with E-state index < -0.39 is 47.5 Å². The predicted molar refractivity (Wildman–Crippen MR) is 113 cm³/mol. The van der Waals surface area contributed by atoms with E-state index in [0.29, 0.717) is 5.56 Å². The van der Waals surface area contributed by atoms with Crippen LogP contribution in [0.2, 0.25) is 0 Å². The van der Waals surface area contributed by atoms with Crippen LogP contribution in [-0.2, 0) is 4.79 Å². The number of carbonyl (C=O) groups is 2. The van der Waals surface area contributed by atoms with E-state index in [1.165, 1.54) is 42.5 Å². The predicted octanol–water partition coefficient (Wildman–Crippen LogP) is 4.15. The highest BCUT2D eigenvalue weighted by Gasteiger charge is 2.40. The SMILES string of the molecule is O=C(O)/C(=C/c1ccc(OC2=C(C(F)(F)F)CC(N(O)O)C=C2)cc1)NC(=O)c1ccccc1. The molecule has 0 radical (unpaired) electrons. The molecule has 0 heterocycles. The first-order chi connectivity index (χ1) is 16.0. The smallest absolute Gasteiger partial charge is 0.416 e. The summed E-state index contributed by atoms with van der Waals surface area (Å²) in [7, 11) is 0. The van der Waals surface area contributed by atoms with E-state index in [1.807, 2.05) is 0 Å². The van der Waals surface area contributed by atoms with E-state index in [9.17, 15) is 27.9 Å². The van der Waals surface area contributed by atoms with Crippen molar-refractivity contribution >= 4 is 18.0 Å². The molecule has 0 fully saturated rings. The minimum atomic E-state index is -4.76. The Balaban J connectivity index is 1.78. The van der Waals surface area contributed by atoms with Gasteiger partial charge in [0.2, 0.25) is 0 Å². The monoisotopic (exact) mass is 476 g/mol. The molecule has 0 spiro atoms. The molecule has 8 nitrogen and oxygen atoms in total. The number of carboxylic acids is 1. The maximum Gasteiger partial charge on any atom is 0.416 e. The molecule has 2 aromatic rings. The van der Waals surface area contributed by atoms with Gasteiger partial charge in [0.05, 0.1) is 11.6 Å². The van der Waals surface area contributed by atoms with Crippen molar-refractivity contribution in [2.45, 2.75) is 18.6 Å². The number of aliphatic carboxylic acids is 1. The first-order valence-electron chi connectivity index (χ1n) is 9.79. The summed E-state index contributed by atoms with van der Waals surface area (Å²) in [5.41, 5.74) is -0.865. The van der Waals surface area contributed by atoms with Crippen LogP contribution in [0, 0.1) is 0 Å².